The Hall–Kier alpha value is -2.42. The molecule has 4 rings (SSSR count). The van der Waals surface area contributed by atoms with Crippen LogP contribution in [0.1, 0.15) is 28.0 Å². The van der Waals surface area contributed by atoms with E-state index in [1.54, 1.807) is 28.6 Å². The van der Waals surface area contributed by atoms with Crippen molar-refractivity contribution in [3.8, 4) is 0 Å². The number of rotatable bonds is 6. The maximum atomic E-state index is 13.2. The lowest BCUT2D eigenvalue weighted by atomic mass is 10.1. The quantitative estimate of drug-likeness (QED) is 0.621. The molecule has 0 bridgehead atoms. The number of nitrogens with zero attached hydrogens (tertiary/aromatic N) is 5. The molecule has 1 fully saturated rings. The van der Waals surface area contributed by atoms with Crippen LogP contribution in [0.2, 0.25) is 0 Å². The summed E-state index contributed by atoms with van der Waals surface area (Å²) in [6.45, 7) is 9.11. The second-order valence-electron chi connectivity index (χ2n) is 7.21. The molecule has 0 N–H and O–H groups in total. The summed E-state index contributed by atoms with van der Waals surface area (Å²) in [7, 11) is 0. The molecule has 0 spiro atoms. The van der Waals surface area contributed by atoms with Crippen LogP contribution in [0.5, 0.6) is 0 Å². The summed E-state index contributed by atoms with van der Waals surface area (Å²) in [4.78, 5) is 30.4. The van der Waals surface area contributed by atoms with Crippen molar-refractivity contribution in [3.05, 3.63) is 47.5 Å². The molecule has 152 valence electrons. The summed E-state index contributed by atoms with van der Waals surface area (Å²) >= 11 is 1.55. The van der Waals surface area contributed by atoms with Crippen molar-refractivity contribution >= 4 is 32.6 Å². The largest absolute Gasteiger partial charge is 0.379 e. The van der Waals surface area contributed by atoms with Gasteiger partial charge in [0.25, 0.3) is 5.91 Å². The van der Waals surface area contributed by atoms with Crippen LogP contribution in [0.3, 0.4) is 0 Å². The first-order valence-corrected chi connectivity index (χ1v) is 10.7. The summed E-state index contributed by atoms with van der Waals surface area (Å²) in [6.07, 6.45) is 5.49. The summed E-state index contributed by atoms with van der Waals surface area (Å²) in [6, 6.07) is 4.18. The zero-order chi connectivity index (χ0) is 20.2. The zero-order valence-corrected chi connectivity index (χ0v) is 17.6. The van der Waals surface area contributed by atoms with Gasteiger partial charge in [-0.25, -0.2) is 9.97 Å². The van der Waals surface area contributed by atoms with Gasteiger partial charge in [-0.15, -0.1) is 0 Å². The minimum absolute atomic E-state index is 0.159. The molecule has 7 nitrogen and oxygen atoms in total. The number of hydrogen-bond donors (Lipinski definition) is 0. The van der Waals surface area contributed by atoms with Crippen molar-refractivity contribution in [2.75, 3.05) is 44.3 Å². The number of benzene rings is 1. The van der Waals surface area contributed by atoms with E-state index in [0.717, 1.165) is 55.0 Å². The minimum atomic E-state index is -0.159. The Morgan fingerprint density at radius 2 is 2.07 bits per heavy atom. The van der Waals surface area contributed by atoms with Crippen LogP contribution in [0.25, 0.3) is 10.2 Å². The van der Waals surface area contributed by atoms with Crippen molar-refractivity contribution < 1.29 is 9.53 Å². The molecule has 1 amide bonds. The van der Waals surface area contributed by atoms with Crippen LogP contribution in [0.4, 0.5) is 5.13 Å². The van der Waals surface area contributed by atoms with Crippen LogP contribution in [0, 0.1) is 13.8 Å². The average molecular weight is 412 g/mol. The molecule has 1 aliphatic rings. The number of aryl methyl sites for hydroxylation is 2. The molecule has 1 aliphatic heterocycles. The van der Waals surface area contributed by atoms with Gasteiger partial charge in [-0.3, -0.25) is 19.6 Å². The minimum Gasteiger partial charge on any atom is -0.379 e. The van der Waals surface area contributed by atoms with Crippen molar-refractivity contribution in [2.24, 2.45) is 0 Å². The lowest BCUT2D eigenvalue weighted by Crippen LogP contribution is -2.39. The van der Waals surface area contributed by atoms with E-state index in [0.29, 0.717) is 17.4 Å². The number of ether oxygens (including phenoxy) is 1. The van der Waals surface area contributed by atoms with Gasteiger partial charge in [-0.1, -0.05) is 17.4 Å². The van der Waals surface area contributed by atoms with E-state index in [2.05, 4.69) is 40.8 Å². The predicted octanol–water partition coefficient (Wildman–Crippen LogP) is 3.07. The molecule has 0 saturated carbocycles. The fourth-order valence-corrected chi connectivity index (χ4v) is 4.49. The van der Waals surface area contributed by atoms with Crippen LogP contribution >= 0.6 is 11.3 Å². The smallest absolute Gasteiger partial charge is 0.280 e. The maximum absolute atomic E-state index is 13.2. The zero-order valence-electron chi connectivity index (χ0n) is 16.8. The highest BCUT2D eigenvalue weighted by Gasteiger charge is 2.23. The lowest BCUT2D eigenvalue weighted by Gasteiger charge is -2.27. The summed E-state index contributed by atoms with van der Waals surface area (Å²) in [5.41, 5.74) is 3.67. The Bertz CT molecular complexity index is 985. The van der Waals surface area contributed by atoms with E-state index in [1.807, 2.05) is 0 Å². The number of aromatic nitrogens is 3. The Labute approximate surface area is 174 Å². The highest BCUT2D eigenvalue weighted by atomic mass is 32.1. The van der Waals surface area contributed by atoms with Crippen molar-refractivity contribution in [1.82, 2.24) is 19.9 Å². The molecular formula is C21H25N5O2S. The van der Waals surface area contributed by atoms with Crippen molar-refractivity contribution in [1.29, 1.82) is 0 Å². The second-order valence-corrected chi connectivity index (χ2v) is 8.21. The number of carbonyl (C=O) groups is 1. The van der Waals surface area contributed by atoms with Gasteiger partial charge in [0.1, 0.15) is 5.69 Å². The third-order valence-electron chi connectivity index (χ3n) is 5.29. The molecule has 1 saturated heterocycles. The van der Waals surface area contributed by atoms with Gasteiger partial charge in [-0.2, -0.15) is 0 Å². The van der Waals surface area contributed by atoms with Gasteiger partial charge in [0, 0.05) is 38.6 Å². The number of fused-ring (bicyclic) bond motifs is 1. The average Bonchev–Trinajstić information content (AvgIpc) is 3.19. The number of amides is 1. The third kappa shape index (κ3) is 4.44. The summed E-state index contributed by atoms with van der Waals surface area (Å²) in [5.74, 6) is -0.159. The van der Waals surface area contributed by atoms with Crippen molar-refractivity contribution in [3.63, 3.8) is 0 Å². The van der Waals surface area contributed by atoms with E-state index in [4.69, 9.17) is 9.72 Å². The molecule has 0 aliphatic carbocycles. The molecular weight excluding hydrogens is 386 g/mol. The van der Waals surface area contributed by atoms with Gasteiger partial charge in [0.2, 0.25) is 0 Å². The van der Waals surface area contributed by atoms with Gasteiger partial charge >= 0.3 is 0 Å². The lowest BCUT2D eigenvalue weighted by molar-refractivity contribution is 0.0376. The van der Waals surface area contributed by atoms with E-state index >= 15 is 0 Å². The molecule has 29 heavy (non-hydrogen) atoms. The summed E-state index contributed by atoms with van der Waals surface area (Å²) < 4.78 is 6.51. The molecule has 3 heterocycles. The topological polar surface area (TPSA) is 71.5 Å². The fourth-order valence-electron chi connectivity index (χ4n) is 3.44. The van der Waals surface area contributed by atoms with Gasteiger partial charge < -0.3 is 4.74 Å². The van der Waals surface area contributed by atoms with Crippen LogP contribution in [-0.2, 0) is 4.74 Å². The molecule has 2 aromatic heterocycles. The number of hydrogen-bond acceptors (Lipinski definition) is 7. The first kappa shape index (κ1) is 19.9. The van der Waals surface area contributed by atoms with Gasteiger partial charge in [0.05, 0.1) is 29.6 Å². The Morgan fingerprint density at radius 3 is 2.83 bits per heavy atom. The normalized spacial score (nSPS) is 15.0. The Kier molecular flexibility index (Phi) is 6.13. The predicted molar refractivity (Wildman–Crippen MR) is 115 cm³/mol. The number of carbonyl (C=O) groups excluding carboxylic acids is 1. The first-order chi connectivity index (χ1) is 14.1. The Balaban J connectivity index is 1.59. The first-order valence-electron chi connectivity index (χ1n) is 9.88. The standard InChI is InChI=1S/C21H25N5O2S/c1-15-4-5-18-19(16(15)2)24-21(29-18)26(20(27)17-14-22-6-7-23-17)9-3-8-25-10-12-28-13-11-25/h4-7,14H,3,8-13H2,1-2H3. The maximum Gasteiger partial charge on any atom is 0.280 e. The van der Waals surface area contributed by atoms with E-state index in [1.165, 1.54) is 11.8 Å². The third-order valence-corrected chi connectivity index (χ3v) is 6.34. The van der Waals surface area contributed by atoms with Gasteiger partial charge in [-0.05, 0) is 37.5 Å². The molecule has 1 aromatic carbocycles. The molecule has 3 aromatic rings. The fraction of sp³-hybridized carbons (Fsp3) is 0.429. The summed E-state index contributed by atoms with van der Waals surface area (Å²) in [5, 5.41) is 0.714. The van der Waals surface area contributed by atoms with E-state index < -0.39 is 0 Å². The SMILES string of the molecule is Cc1ccc2sc(N(CCCN3CCOCC3)C(=O)c3cnccn3)nc2c1C. The van der Waals surface area contributed by atoms with Crippen LogP contribution in [-0.4, -0.2) is 65.2 Å². The highest BCUT2D eigenvalue weighted by Crippen LogP contribution is 2.32. The van der Waals surface area contributed by atoms with Crippen LogP contribution in [0.15, 0.2) is 30.7 Å². The van der Waals surface area contributed by atoms with E-state index in [9.17, 15) is 4.79 Å². The second kappa shape index (κ2) is 8.94. The number of morpholine rings is 1. The highest BCUT2D eigenvalue weighted by molar-refractivity contribution is 7.22. The van der Waals surface area contributed by atoms with Crippen molar-refractivity contribution in [2.45, 2.75) is 20.3 Å². The number of thiazole rings is 1. The Morgan fingerprint density at radius 1 is 1.24 bits per heavy atom. The van der Waals surface area contributed by atoms with E-state index in [-0.39, 0.29) is 5.91 Å². The monoisotopic (exact) mass is 411 g/mol. The molecule has 8 heteroatoms. The van der Waals surface area contributed by atoms with Crippen LogP contribution < -0.4 is 4.90 Å². The molecule has 0 atom stereocenters. The molecule has 0 radical (unpaired) electrons. The number of anilines is 1. The molecule has 0 unspecified atom stereocenters. The van der Waals surface area contributed by atoms with Gasteiger partial charge in [0.15, 0.2) is 5.13 Å².